The van der Waals surface area contributed by atoms with Crippen LogP contribution in [0.3, 0.4) is 0 Å². The fraction of sp³-hybridized carbons (Fsp3) is 0.421. The standard InChI is InChI=1S/C19H22N6O4/c1-12-7-16(28-22-12)18(26)21-14-9-20-24(10-14)11-15-5-3-4-6-25(15)19(27)17-8-13(2)23-29-17/h7-10,15H,3-6,11H2,1-2H3,(H,21,26)/t15-/m1/s1. The van der Waals surface area contributed by atoms with Gasteiger partial charge >= 0.3 is 0 Å². The maximum absolute atomic E-state index is 12.8. The number of anilines is 1. The highest BCUT2D eigenvalue weighted by Crippen LogP contribution is 2.22. The molecule has 3 aromatic heterocycles. The van der Waals surface area contributed by atoms with Gasteiger partial charge in [0.15, 0.2) is 0 Å². The number of rotatable bonds is 5. The minimum Gasteiger partial charge on any atom is -0.351 e. The average molecular weight is 398 g/mol. The lowest BCUT2D eigenvalue weighted by Gasteiger charge is -2.35. The third-order valence-corrected chi connectivity index (χ3v) is 4.87. The number of aromatic nitrogens is 4. The highest BCUT2D eigenvalue weighted by atomic mass is 16.5. The van der Waals surface area contributed by atoms with Crippen LogP contribution in [0.1, 0.15) is 51.8 Å². The van der Waals surface area contributed by atoms with E-state index in [2.05, 4.69) is 20.7 Å². The summed E-state index contributed by atoms with van der Waals surface area (Å²) < 4.78 is 11.8. The second-order valence-corrected chi connectivity index (χ2v) is 7.22. The summed E-state index contributed by atoms with van der Waals surface area (Å²) in [5.41, 5.74) is 1.86. The SMILES string of the molecule is Cc1cc(C(=O)Nc2cnn(C[C@H]3CCCCN3C(=O)c3cc(C)no3)c2)on1. The van der Waals surface area contributed by atoms with Gasteiger partial charge in [-0.3, -0.25) is 14.3 Å². The van der Waals surface area contributed by atoms with E-state index in [9.17, 15) is 9.59 Å². The maximum atomic E-state index is 12.8. The molecule has 29 heavy (non-hydrogen) atoms. The number of nitrogens with zero attached hydrogens (tertiary/aromatic N) is 5. The molecule has 0 aliphatic carbocycles. The Morgan fingerprint density at radius 2 is 1.86 bits per heavy atom. The average Bonchev–Trinajstić information content (AvgIpc) is 3.44. The number of aryl methyl sites for hydroxylation is 2. The molecule has 4 heterocycles. The number of hydrogen-bond acceptors (Lipinski definition) is 7. The molecule has 1 aliphatic heterocycles. The number of carbonyl (C=O) groups excluding carboxylic acids is 2. The first-order valence-electron chi connectivity index (χ1n) is 9.51. The smallest absolute Gasteiger partial charge is 0.294 e. The lowest BCUT2D eigenvalue weighted by atomic mass is 10.0. The molecule has 152 valence electrons. The molecule has 1 aliphatic rings. The molecule has 4 rings (SSSR count). The van der Waals surface area contributed by atoms with Gasteiger partial charge in [0.25, 0.3) is 11.8 Å². The Morgan fingerprint density at radius 1 is 1.14 bits per heavy atom. The molecule has 1 saturated heterocycles. The van der Waals surface area contributed by atoms with Gasteiger partial charge in [-0.1, -0.05) is 10.3 Å². The van der Waals surface area contributed by atoms with Gasteiger partial charge in [0, 0.05) is 24.9 Å². The van der Waals surface area contributed by atoms with Crippen molar-refractivity contribution in [2.45, 2.75) is 45.7 Å². The van der Waals surface area contributed by atoms with E-state index in [0.717, 1.165) is 19.3 Å². The quantitative estimate of drug-likeness (QED) is 0.701. The topological polar surface area (TPSA) is 119 Å². The third kappa shape index (κ3) is 4.20. The molecule has 0 radical (unpaired) electrons. The van der Waals surface area contributed by atoms with Crippen LogP contribution >= 0.6 is 0 Å². The van der Waals surface area contributed by atoms with E-state index in [4.69, 9.17) is 9.05 Å². The van der Waals surface area contributed by atoms with Gasteiger partial charge < -0.3 is 19.3 Å². The molecular formula is C19H22N6O4. The Hall–Kier alpha value is -3.43. The normalized spacial score (nSPS) is 16.8. The highest BCUT2D eigenvalue weighted by molar-refractivity contribution is 6.02. The molecule has 3 aromatic rings. The monoisotopic (exact) mass is 398 g/mol. The number of likely N-dealkylation sites (tertiary alicyclic amines) is 1. The van der Waals surface area contributed by atoms with Gasteiger partial charge in [-0.2, -0.15) is 5.10 Å². The molecule has 1 atom stereocenters. The largest absolute Gasteiger partial charge is 0.351 e. The number of piperidine rings is 1. The second kappa shape index (κ2) is 7.90. The summed E-state index contributed by atoms with van der Waals surface area (Å²) in [4.78, 5) is 26.8. The molecule has 1 fully saturated rings. The van der Waals surface area contributed by atoms with Crippen LogP contribution in [0, 0.1) is 13.8 Å². The fourth-order valence-electron chi connectivity index (χ4n) is 3.47. The van der Waals surface area contributed by atoms with Gasteiger partial charge in [0.05, 0.1) is 35.9 Å². The molecule has 2 amide bonds. The molecule has 10 nitrogen and oxygen atoms in total. The van der Waals surface area contributed by atoms with Crippen molar-refractivity contribution in [1.82, 2.24) is 25.0 Å². The summed E-state index contributed by atoms with van der Waals surface area (Å²) in [6.07, 6.45) is 6.16. The van der Waals surface area contributed by atoms with E-state index >= 15 is 0 Å². The van der Waals surface area contributed by atoms with Crippen LogP contribution in [-0.2, 0) is 6.54 Å². The third-order valence-electron chi connectivity index (χ3n) is 4.87. The first-order chi connectivity index (χ1) is 14.0. The first-order valence-corrected chi connectivity index (χ1v) is 9.51. The summed E-state index contributed by atoms with van der Waals surface area (Å²) in [7, 11) is 0. The van der Waals surface area contributed by atoms with Gasteiger partial charge in [0.1, 0.15) is 0 Å². The molecular weight excluding hydrogens is 376 g/mol. The van der Waals surface area contributed by atoms with Gasteiger partial charge in [0.2, 0.25) is 11.5 Å². The molecule has 0 unspecified atom stereocenters. The summed E-state index contributed by atoms with van der Waals surface area (Å²) in [6, 6.07) is 3.21. The van der Waals surface area contributed by atoms with Gasteiger partial charge in [-0.05, 0) is 33.1 Å². The predicted octanol–water partition coefficient (Wildman–Crippen LogP) is 2.42. The Morgan fingerprint density at radius 3 is 2.55 bits per heavy atom. The van der Waals surface area contributed by atoms with Crippen LogP contribution in [0.4, 0.5) is 5.69 Å². The van der Waals surface area contributed by atoms with Crippen molar-refractivity contribution in [3.63, 3.8) is 0 Å². The lowest BCUT2D eigenvalue weighted by molar-refractivity contribution is 0.0542. The van der Waals surface area contributed by atoms with E-state index in [1.54, 1.807) is 43.1 Å². The Balaban J connectivity index is 1.42. The van der Waals surface area contributed by atoms with Crippen molar-refractivity contribution >= 4 is 17.5 Å². The molecule has 0 aromatic carbocycles. The zero-order valence-corrected chi connectivity index (χ0v) is 16.3. The van der Waals surface area contributed by atoms with Crippen LogP contribution in [0.5, 0.6) is 0 Å². The van der Waals surface area contributed by atoms with Gasteiger partial charge in [-0.15, -0.1) is 0 Å². The van der Waals surface area contributed by atoms with Crippen molar-refractivity contribution in [2.24, 2.45) is 0 Å². The van der Waals surface area contributed by atoms with Crippen molar-refractivity contribution < 1.29 is 18.6 Å². The maximum Gasteiger partial charge on any atom is 0.294 e. The van der Waals surface area contributed by atoms with Crippen LogP contribution < -0.4 is 5.32 Å². The number of carbonyl (C=O) groups is 2. The van der Waals surface area contributed by atoms with Crippen molar-refractivity contribution in [1.29, 1.82) is 0 Å². The Kier molecular flexibility index (Phi) is 5.15. The first kappa shape index (κ1) is 18.9. The molecule has 1 N–H and O–H groups in total. The zero-order chi connectivity index (χ0) is 20.4. The predicted molar refractivity (Wildman–Crippen MR) is 101 cm³/mol. The van der Waals surface area contributed by atoms with Crippen molar-refractivity contribution in [3.05, 3.63) is 47.4 Å². The second-order valence-electron chi connectivity index (χ2n) is 7.22. The van der Waals surface area contributed by atoms with Crippen LogP contribution in [0.2, 0.25) is 0 Å². The molecule has 10 heteroatoms. The minimum atomic E-state index is -0.389. The van der Waals surface area contributed by atoms with E-state index in [0.29, 0.717) is 30.2 Å². The lowest BCUT2D eigenvalue weighted by Crippen LogP contribution is -2.45. The van der Waals surface area contributed by atoms with Crippen LogP contribution in [-0.4, -0.2) is 49.4 Å². The Bertz CT molecular complexity index is 1020. The molecule has 0 saturated carbocycles. The van der Waals surface area contributed by atoms with Crippen molar-refractivity contribution in [2.75, 3.05) is 11.9 Å². The van der Waals surface area contributed by atoms with E-state index in [1.807, 2.05) is 4.90 Å². The fourth-order valence-corrected chi connectivity index (χ4v) is 3.47. The van der Waals surface area contributed by atoms with E-state index < -0.39 is 0 Å². The minimum absolute atomic E-state index is 0.0120. The van der Waals surface area contributed by atoms with Crippen LogP contribution in [0.15, 0.2) is 33.6 Å². The zero-order valence-electron chi connectivity index (χ0n) is 16.3. The molecule has 0 bridgehead atoms. The highest BCUT2D eigenvalue weighted by Gasteiger charge is 2.30. The number of amides is 2. The molecule has 0 spiro atoms. The van der Waals surface area contributed by atoms with E-state index in [-0.39, 0.29) is 29.4 Å². The summed E-state index contributed by atoms with van der Waals surface area (Å²) in [5, 5.41) is 14.6. The summed E-state index contributed by atoms with van der Waals surface area (Å²) >= 11 is 0. The summed E-state index contributed by atoms with van der Waals surface area (Å²) in [5.74, 6) is -0.149. The van der Waals surface area contributed by atoms with Gasteiger partial charge in [-0.25, -0.2) is 0 Å². The van der Waals surface area contributed by atoms with E-state index in [1.165, 1.54) is 0 Å². The Labute approximate surface area is 166 Å². The van der Waals surface area contributed by atoms with Crippen LogP contribution in [0.25, 0.3) is 0 Å². The number of nitrogens with one attached hydrogen (secondary N) is 1. The van der Waals surface area contributed by atoms with Crippen molar-refractivity contribution in [3.8, 4) is 0 Å². The summed E-state index contributed by atoms with van der Waals surface area (Å²) in [6.45, 7) is 4.72. The number of hydrogen-bond donors (Lipinski definition) is 1.